The van der Waals surface area contributed by atoms with Crippen LogP contribution in [0.15, 0.2) is 18.2 Å². The number of rotatable bonds is 3. The number of phenolic OH excluding ortho intramolecular Hbond substituents is 2. The van der Waals surface area contributed by atoms with E-state index in [4.69, 9.17) is 0 Å². The van der Waals surface area contributed by atoms with Crippen molar-refractivity contribution >= 4 is 11.8 Å². The number of hydrogen-bond donors (Lipinski definition) is 3. The fourth-order valence-electron chi connectivity index (χ4n) is 2.04. The fraction of sp³-hybridized carbons (Fsp3) is 0.385. The van der Waals surface area contributed by atoms with Gasteiger partial charge in [-0.2, -0.15) is 0 Å². The molecule has 0 unspecified atom stereocenters. The highest BCUT2D eigenvalue weighted by atomic mass is 16.3. The van der Waals surface area contributed by atoms with Gasteiger partial charge in [0.05, 0.1) is 12.1 Å². The van der Waals surface area contributed by atoms with Gasteiger partial charge in [-0.3, -0.25) is 9.59 Å². The highest BCUT2D eigenvalue weighted by Gasteiger charge is 2.19. The van der Waals surface area contributed by atoms with Crippen molar-refractivity contribution < 1.29 is 19.8 Å². The van der Waals surface area contributed by atoms with Crippen LogP contribution in [0.1, 0.15) is 23.2 Å². The minimum atomic E-state index is -0.582. The molecule has 6 heteroatoms. The molecule has 2 rings (SSSR count). The number of nitrogens with one attached hydrogen (secondary N) is 1. The molecule has 1 heterocycles. The second kappa shape index (κ2) is 5.60. The predicted octanol–water partition coefficient (Wildman–Crippen LogP) is 0.450. The van der Waals surface area contributed by atoms with Gasteiger partial charge in [0.1, 0.15) is 0 Å². The molecule has 19 heavy (non-hydrogen) atoms. The third-order valence-electron chi connectivity index (χ3n) is 3.12. The largest absolute Gasteiger partial charge is 0.504 e. The zero-order chi connectivity index (χ0) is 13.8. The number of para-hydroxylation sites is 1. The van der Waals surface area contributed by atoms with E-state index in [1.807, 2.05) is 0 Å². The van der Waals surface area contributed by atoms with Crippen LogP contribution in [0.25, 0.3) is 0 Å². The summed E-state index contributed by atoms with van der Waals surface area (Å²) in [5.41, 5.74) is -0.0470. The van der Waals surface area contributed by atoms with Crippen molar-refractivity contribution in [1.82, 2.24) is 10.2 Å². The number of carbonyl (C=O) groups excluding carboxylic acids is 2. The number of amides is 2. The standard InChI is InChI=1S/C13H16N2O4/c16-10-5-3-4-9(12(10)18)13(19)14-8-11(17)15-6-1-2-7-15/h3-5,16,18H,1-2,6-8H2,(H,14,19). The van der Waals surface area contributed by atoms with Gasteiger partial charge in [-0.15, -0.1) is 0 Å². The maximum absolute atomic E-state index is 11.8. The minimum absolute atomic E-state index is 0.0470. The maximum atomic E-state index is 11.8. The summed E-state index contributed by atoms with van der Waals surface area (Å²) in [7, 11) is 0. The molecule has 0 saturated carbocycles. The summed E-state index contributed by atoms with van der Waals surface area (Å²) >= 11 is 0. The first-order valence-electron chi connectivity index (χ1n) is 6.16. The van der Waals surface area contributed by atoms with Gasteiger partial charge in [0.15, 0.2) is 11.5 Å². The highest BCUT2D eigenvalue weighted by Crippen LogP contribution is 2.27. The van der Waals surface area contributed by atoms with Crippen LogP contribution in [-0.4, -0.2) is 46.6 Å². The van der Waals surface area contributed by atoms with E-state index in [-0.39, 0.29) is 23.8 Å². The van der Waals surface area contributed by atoms with Crippen molar-refractivity contribution in [3.8, 4) is 11.5 Å². The lowest BCUT2D eigenvalue weighted by Crippen LogP contribution is -2.38. The molecule has 102 valence electrons. The van der Waals surface area contributed by atoms with Crippen molar-refractivity contribution in [2.45, 2.75) is 12.8 Å². The average Bonchev–Trinajstić information content (AvgIpc) is 2.93. The third kappa shape index (κ3) is 2.96. The highest BCUT2D eigenvalue weighted by molar-refractivity contribution is 5.99. The number of nitrogens with zero attached hydrogens (tertiary/aromatic N) is 1. The van der Waals surface area contributed by atoms with Gasteiger partial charge in [-0.25, -0.2) is 0 Å². The van der Waals surface area contributed by atoms with Crippen LogP contribution in [0.3, 0.4) is 0 Å². The van der Waals surface area contributed by atoms with E-state index in [0.717, 1.165) is 25.9 Å². The Balaban J connectivity index is 1.94. The fourth-order valence-corrected chi connectivity index (χ4v) is 2.04. The number of likely N-dealkylation sites (tertiary alicyclic amines) is 1. The van der Waals surface area contributed by atoms with Crippen molar-refractivity contribution in [2.75, 3.05) is 19.6 Å². The van der Waals surface area contributed by atoms with Gasteiger partial charge in [0.25, 0.3) is 5.91 Å². The first kappa shape index (κ1) is 13.2. The maximum Gasteiger partial charge on any atom is 0.255 e. The Kier molecular flexibility index (Phi) is 3.89. The normalized spacial score (nSPS) is 14.4. The molecule has 3 N–H and O–H groups in total. The van der Waals surface area contributed by atoms with E-state index in [9.17, 15) is 19.8 Å². The van der Waals surface area contributed by atoms with Gasteiger partial charge in [0.2, 0.25) is 5.91 Å². The van der Waals surface area contributed by atoms with Crippen LogP contribution < -0.4 is 5.32 Å². The zero-order valence-corrected chi connectivity index (χ0v) is 10.4. The third-order valence-corrected chi connectivity index (χ3v) is 3.12. The Morgan fingerprint density at radius 1 is 1.21 bits per heavy atom. The Labute approximate surface area is 110 Å². The Morgan fingerprint density at radius 2 is 1.89 bits per heavy atom. The molecular weight excluding hydrogens is 248 g/mol. The second-order valence-electron chi connectivity index (χ2n) is 4.44. The molecule has 2 amide bonds. The SMILES string of the molecule is O=C(NCC(=O)N1CCCC1)c1cccc(O)c1O. The smallest absolute Gasteiger partial charge is 0.255 e. The topological polar surface area (TPSA) is 89.9 Å². The molecule has 0 aliphatic carbocycles. The number of benzene rings is 1. The number of aromatic hydroxyl groups is 2. The number of hydrogen-bond acceptors (Lipinski definition) is 4. The van der Waals surface area contributed by atoms with Crippen molar-refractivity contribution in [2.24, 2.45) is 0 Å². The summed E-state index contributed by atoms with van der Waals surface area (Å²) in [6.45, 7) is 1.35. The second-order valence-corrected chi connectivity index (χ2v) is 4.44. The van der Waals surface area contributed by atoms with Crippen LogP contribution in [0.4, 0.5) is 0 Å². The summed E-state index contributed by atoms with van der Waals surface area (Å²) in [6.07, 6.45) is 1.99. The molecule has 6 nitrogen and oxygen atoms in total. The van der Waals surface area contributed by atoms with Gasteiger partial charge >= 0.3 is 0 Å². The average molecular weight is 264 g/mol. The molecule has 1 aliphatic rings. The molecule has 0 atom stereocenters. The molecule has 1 aliphatic heterocycles. The Morgan fingerprint density at radius 3 is 2.58 bits per heavy atom. The molecule has 1 fully saturated rings. The summed E-state index contributed by atoms with van der Waals surface area (Å²) in [4.78, 5) is 25.2. The van der Waals surface area contributed by atoms with Gasteiger partial charge in [-0.05, 0) is 25.0 Å². The van der Waals surface area contributed by atoms with E-state index in [2.05, 4.69) is 5.32 Å². The van der Waals surface area contributed by atoms with E-state index in [0.29, 0.717) is 0 Å². The summed E-state index contributed by atoms with van der Waals surface area (Å²) in [5, 5.41) is 21.3. The van der Waals surface area contributed by atoms with Gasteiger partial charge in [-0.1, -0.05) is 6.07 Å². The van der Waals surface area contributed by atoms with E-state index >= 15 is 0 Å². The van der Waals surface area contributed by atoms with Crippen molar-refractivity contribution in [3.63, 3.8) is 0 Å². The van der Waals surface area contributed by atoms with Crippen LogP contribution in [0, 0.1) is 0 Å². The lowest BCUT2D eigenvalue weighted by Gasteiger charge is -2.15. The molecule has 0 bridgehead atoms. The summed E-state index contributed by atoms with van der Waals surface area (Å²) in [6, 6.07) is 4.11. The van der Waals surface area contributed by atoms with Gasteiger partial charge in [0, 0.05) is 13.1 Å². The van der Waals surface area contributed by atoms with Crippen LogP contribution in [0.5, 0.6) is 11.5 Å². The predicted molar refractivity (Wildman–Crippen MR) is 67.9 cm³/mol. The molecule has 0 spiro atoms. The van der Waals surface area contributed by atoms with E-state index in [1.165, 1.54) is 18.2 Å². The van der Waals surface area contributed by atoms with Crippen LogP contribution in [-0.2, 0) is 4.79 Å². The number of carbonyl (C=O) groups is 2. The molecule has 1 saturated heterocycles. The first-order chi connectivity index (χ1) is 9.09. The summed E-state index contributed by atoms with van der Waals surface area (Å²) < 4.78 is 0. The lowest BCUT2D eigenvalue weighted by molar-refractivity contribution is -0.129. The molecule has 1 aromatic rings. The number of phenols is 2. The van der Waals surface area contributed by atoms with Crippen LogP contribution in [0.2, 0.25) is 0 Å². The zero-order valence-electron chi connectivity index (χ0n) is 10.4. The van der Waals surface area contributed by atoms with Crippen molar-refractivity contribution in [1.29, 1.82) is 0 Å². The summed E-state index contributed by atoms with van der Waals surface area (Å²) in [5.74, 6) is -1.56. The Bertz CT molecular complexity index is 495. The first-order valence-corrected chi connectivity index (χ1v) is 6.16. The molecular formula is C13H16N2O4. The molecule has 0 aromatic heterocycles. The Hall–Kier alpha value is -2.24. The minimum Gasteiger partial charge on any atom is -0.504 e. The quantitative estimate of drug-likeness (QED) is 0.691. The van der Waals surface area contributed by atoms with E-state index < -0.39 is 11.7 Å². The monoisotopic (exact) mass is 264 g/mol. The van der Waals surface area contributed by atoms with E-state index in [1.54, 1.807) is 4.90 Å². The van der Waals surface area contributed by atoms with Gasteiger partial charge < -0.3 is 20.4 Å². The molecule has 1 aromatic carbocycles. The lowest BCUT2D eigenvalue weighted by atomic mass is 10.1. The molecule has 0 radical (unpaired) electrons. The van der Waals surface area contributed by atoms with Crippen LogP contribution >= 0.6 is 0 Å². The van der Waals surface area contributed by atoms with Crippen molar-refractivity contribution in [3.05, 3.63) is 23.8 Å².